The van der Waals surface area contributed by atoms with Gasteiger partial charge in [0.2, 0.25) is 5.89 Å². The number of benzene rings is 2. The molecular weight excluding hydrogens is 344 g/mol. The molecule has 1 atom stereocenters. The third kappa shape index (κ3) is 5.41. The summed E-state index contributed by atoms with van der Waals surface area (Å²) in [6.45, 7) is 4.17. The second-order valence-electron chi connectivity index (χ2n) is 6.21. The van der Waals surface area contributed by atoms with E-state index < -0.39 is 6.10 Å². The monoisotopic (exact) mass is 366 g/mol. The zero-order valence-corrected chi connectivity index (χ0v) is 15.4. The topological polar surface area (TPSA) is 74.5 Å². The minimum Gasteiger partial charge on any atom is -0.494 e. The first kappa shape index (κ1) is 18.6. The second kappa shape index (κ2) is 8.98. The van der Waals surface area contributed by atoms with Gasteiger partial charge in [-0.1, -0.05) is 30.3 Å². The Kier molecular flexibility index (Phi) is 6.20. The molecule has 0 N–H and O–H groups in total. The average molecular weight is 366 g/mol. The number of aryl methyl sites for hydroxylation is 1. The van der Waals surface area contributed by atoms with Crippen molar-refractivity contribution in [1.82, 2.24) is 10.2 Å². The molecule has 3 rings (SSSR count). The molecule has 0 aliphatic rings. The Labute approximate surface area is 158 Å². The Morgan fingerprint density at radius 2 is 1.93 bits per heavy atom. The molecule has 6 heteroatoms. The molecule has 0 aliphatic heterocycles. The van der Waals surface area contributed by atoms with E-state index in [1.165, 1.54) is 0 Å². The van der Waals surface area contributed by atoms with Crippen LogP contribution in [0.15, 0.2) is 59.0 Å². The van der Waals surface area contributed by atoms with Gasteiger partial charge in [0.1, 0.15) is 5.75 Å². The van der Waals surface area contributed by atoms with Gasteiger partial charge in [-0.2, -0.15) is 0 Å². The van der Waals surface area contributed by atoms with Crippen LogP contribution in [-0.4, -0.2) is 22.8 Å². The summed E-state index contributed by atoms with van der Waals surface area (Å²) >= 11 is 0. The molecular formula is C21H22N2O4. The van der Waals surface area contributed by atoms with Crippen molar-refractivity contribution in [3.8, 4) is 17.2 Å². The average Bonchev–Trinajstić information content (AvgIpc) is 3.16. The third-order valence-electron chi connectivity index (χ3n) is 3.90. The van der Waals surface area contributed by atoms with E-state index in [-0.39, 0.29) is 18.3 Å². The first-order chi connectivity index (χ1) is 13.1. The van der Waals surface area contributed by atoms with Crippen LogP contribution in [0.1, 0.15) is 37.3 Å². The maximum atomic E-state index is 12.0. The maximum Gasteiger partial charge on any atom is 0.306 e. The van der Waals surface area contributed by atoms with Crippen molar-refractivity contribution < 1.29 is 18.7 Å². The van der Waals surface area contributed by atoms with Crippen molar-refractivity contribution in [3.05, 3.63) is 66.1 Å². The van der Waals surface area contributed by atoms with Gasteiger partial charge in [0.25, 0.3) is 5.89 Å². The van der Waals surface area contributed by atoms with Crippen molar-refractivity contribution >= 4 is 5.97 Å². The van der Waals surface area contributed by atoms with E-state index in [1.54, 1.807) is 6.92 Å². The molecule has 1 aromatic heterocycles. The number of carbonyl (C=O) groups excluding carboxylic acids is 1. The Balaban J connectivity index is 1.43. The van der Waals surface area contributed by atoms with Crippen molar-refractivity contribution in [1.29, 1.82) is 0 Å². The quantitative estimate of drug-likeness (QED) is 0.431. The highest BCUT2D eigenvalue weighted by atomic mass is 16.6. The van der Waals surface area contributed by atoms with Gasteiger partial charge in [-0.3, -0.25) is 4.79 Å². The largest absolute Gasteiger partial charge is 0.494 e. The fourth-order valence-corrected chi connectivity index (χ4v) is 2.51. The lowest BCUT2D eigenvalue weighted by molar-refractivity contribution is -0.149. The van der Waals surface area contributed by atoms with Crippen molar-refractivity contribution in [2.45, 2.75) is 32.8 Å². The van der Waals surface area contributed by atoms with Gasteiger partial charge in [-0.05, 0) is 50.1 Å². The predicted molar refractivity (Wildman–Crippen MR) is 100 cm³/mol. The van der Waals surface area contributed by atoms with E-state index in [0.717, 1.165) is 16.9 Å². The van der Waals surface area contributed by atoms with E-state index in [2.05, 4.69) is 10.2 Å². The number of hydrogen-bond donors (Lipinski definition) is 0. The molecule has 0 radical (unpaired) electrons. The lowest BCUT2D eigenvalue weighted by atomic mass is 10.2. The highest BCUT2D eigenvalue weighted by Crippen LogP contribution is 2.22. The Bertz CT molecular complexity index is 877. The smallest absolute Gasteiger partial charge is 0.306 e. The molecule has 0 saturated heterocycles. The fourth-order valence-electron chi connectivity index (χ4n) is 2.51. The van der Waals surface area contributed by atoms with Gasteiger partial charge in [-0.25, -0.2) is 0 Å². The summed E-state index contributed by atoms with van der Waals surface area (Å²) in [5.41, 5.74) is 1.96. The van der Waals surface area contributed by atoms with E-state index in [1.807, 2.05) is 61.5 Å². The number of aromatic nitrogens is 2. The van der Waals surface area contributed by atoms with Gasteiger partial charge in [-0.15, -0.1) is 10.2 Å². The minimum absolute atomic E-state index is 0.260. The molecule has 0 aliphatic carbocycles. The third-order valence-corrected chi connectivity index (χ3v) is 3.90. The summed E-state index contributed by atoms with van der Waals surface area (Å²) in [4.78, 5) is 12.0. The molecule has 140 valence electrons. The number of ether oxygens (including phenoxy) is 2. The van der Waals surface area contributed by atoms with Crippen LogP contribution in [0.25, 0.3) is 11.5 Å². The number of esters is 1. The first-order valence-corrected chi connectivity index (χ1v) is 8.89. The van der Waals surface area contributed by atoms with Crippen LogP contribution < -0.4 is 4.74 Å². The number of nitrogens with zero attached hydrogens (tertiary/aromatic N) is 2. The van der Waals surface area contributed by atoms with Crippen LogP contribution >= 0.6 is 0 Å². The molecule has 0 saturated carbocycles. The van der Waals surface area contributed by atoms with Crippen LogP contribution in [0, 0.1) is 6.92 Å². The highest BCUT2D eigenvalue weighted by Gasteiger charge is 2.18. The maximum absolute atomic E-state index is 12.0. The molecule has 27 heavy (non-hydrogen) atoms. The van der Waals surface area contributed by atoms with Gasteiger partial charge in [0, 0.05) is 12.0 Å². The molecule has 0 amide bonds. The predicted octanol–water partition coefficient (Wildman–Crippen LogP) is 4.51. The number of carbonyl (C=O) groups is 1. The summed E-state index contributed by atoms with van der Waals surface area (Å²) < 4.78 is 16.6. The lowest BCUT2D eigenvalue weighted by Crippen LogP contribution is -2.10. The number of rotatable bonds is 8. The van der Waals surface area contributed by atoms with E-state index in [4.69, 9.17) is 13.9 Å². The molecule has 0 bridgehead atoms. The number of hydrogen-bond acceptors (Lipinski definition) is 6. The Morgan fingerprint density at radius 1 is 1.11 bits per heavy atom. The molecule has 0 spiro atoms. The van der Waals surface area contributed by atoms with Gasteiger partial charge >= 0.3 is 5.97 Å². The second-order valence-corrected chi connectivity index (χ2v) is 6.21. The standard InChI is InChI=1S/C21H22N2O4/c1-15-8-6-11-18(14-15)25-13-7-12-19(24)26-16(2)20-22-23-21(27-20)17-9-4-3-5-10-17/h3-6,8-11,14,16H,7,12-13H2,1-2H3. The summed E-state index contributed by atoms with van der Waals surface area (Å²) in [6.07, 6.45) is 0.231. The van der Waals surface area contributed by atoms with Crippen LogP contribution in [-0.2, 0) is 9.53 Å². The fraction of sp³-hybridized carbons (Fsp3) is 0.286. The molecule has 2 aromatic carbocycles. The highest BCUT2D eigenvalue weighted by molar-refractivity contribution is 5.69. The van der Waals surface area contributed by atoms with Crippen LogP contribution in [0.5, 0.6) is 5.75 Å². The zero-order chi connectivity index (χ0) is 19.1. The zero-order valence-electron chi connectivity index (χ0n) is 15.4. The van der Waals surface area contributed by atoms with Gasteiger partial charge < -0.3 is 13.9 Å². The first-order valence-electron chi connectivity index (χ1n) is 8.89. The minimum atomic E-state index is -0.597. The normalized spacial score (nSPS) is 11.8. The Hall–Kier alpha value is -3.15. The van der Waals surface area contributed by atoms with Gasteiger partial charge in [0.15, 0.2) is 6.10 Å². The Morgan fingerprint density at radius 3 is 2.70 bits per heavy atom. The summed E-state index contributed by atoms with van der Waals surface area (Å²) in [7, 11) is 0. The van der Waals surface area contributed by atoms with E-state index in [0.29, 0.717) is 18.9 Å². The molecule has 1 unspecified atom stereocenters. The molecule has 6 nitrogen and oxygen atoms in total. The van der Waals surface area contributed by atoms with Crippen LogP contribution in [0.2, 0.25) is 0 Å². The van der Waals surface area contributed by atoms with E-state index >= 15 is 0 Å². The summed E-state index contributed by atoms with van der Waals surface area (Å²) in [6, 6.07) is 17.2. The SMILES string of the molecule is Cc1cccc(OCCCC(=O)OC(C)c2nnc(-c3ccccc3)o2)c1. The molecule has 3 aromatic rings. The summed E-state index contributed by atoms with van der Waals surface area (Å²) in [5.74, 6) is 1.16. The van der Waals surface area contributed by atoms with Gasteiger partial charge in [0.05, 0.1) is 6.61 Å². The van der Waals surface area contributed by atoms with Crippen molar-refractivity contribution in [2.24, 2.45) is 0 Å². The van der Waals surface area contributed by atoms with E-state index in [9.17, 15) is 4.79 Å². The summed E-state index contributed by atoms with van der Waals surface area (Å²) in [5, 5.41) is 7.97. The van der Waals surface area contributed by atoms with Crippen LogP contribution in [0.4, 0.5) is 0 Å². The van der Waals surface area contributed by atoms with Crippen molar-refractivity contribution in [2.75, 3.05) is 6.61 Å². The van der Waals surface area contributed by atoms with Crippen LogP contribution in [0.3, 0.4) is 0 Å². The molecule has 1 heterocycles. The van der Waals surface area contributed by atoms with Crippen molar-refractivity contribution in [3.63, 3.8) is 0 Å². The lowest BCUT2D eigenvalue weighted by Gasteiger charge is -2.10. The molecule has 0 fully saturated rings.